The van der Waals surface area contributed by atoms with Gasteiger partial charge in [-0.15, -0.1) is 0 Å². The fourth-order valence-electron chi connectivity index (χ4n) is 4.81. The average Bonchev–Trinajstić information content (AvgIpc) is 2.76. The Hall–Kier alpha value is -1.39. The molecule has 1 aliphatic carbocycles. The highest BCUT2D eigenvalue weighted by Crippen LogP contribution is 2.31. The summed E-state index contributed by atoms with van der Waals surface area (Å²) in [6.45, 7) is 2.97. The second-order valence-corrected chi connectivity index (χ2v) is 9.45. The van der Waals surface area contributed by atoms with E-state index in [1.165, 1.54) is 13.8 Å². The number of hydrogen-bond donors (Lipinski definition) is 8. The quantitative estimate of drug-likeness (QED) is 0.173. The molecule has 11 unspecified atom stereocenters. The van der Waals surface area contributed by atoms with Gasteiger partial charge in [-0.05, 0) is 32.9 Å². The predicted molar refractivity (Wildman–Crippen MR) is 120 cm³/mol. The molecule has 1 saturated heterocycles. The van der Waals surface area contributed by atoms with Crippen LogP contribution >= 0.6 is 0 Å². The van der Waals surface area contributed by atoms with Gasteiger partial charge in [0.1, 0.15) is 35.8 Å². The molecule has 196 valence electrons. The van der Waals surface area contributed by atoms with Gasteiger partial charge < -0.3 is 62.1 Å². The summed E-state index contributed by atoms with van der Waals surface area (Å²) >= 11 is 0. The van der Waals surface area contributed by atoms with Crippen molar-refractivity contribution >= 4 is 5.91 Å². The Bertz CT molecular complexity index is 740. The minimum absolute atomic E-state index is 0.0970. The molecule has 13 heteroatoms. The van der Waals surface area contributed by atoms with Crippen LogP contribution in [-0.4, -0.2) is 108 Å². The first-order valence-electron chi connectivity index (χ1n) is 11.5. The monoisotopic (exact) mass is 489 g/mol. The van der Waals surface area contributed by atoms with E-state index in [4.69, 9.17) is 36.1 Å². The summed E-state index contributed by atoms with van der Waals surface area (Å²) in [7, 11) is 1.61. The Balaban J connectivity index is 1.73. The number of carbonyl (C=O) groups is 1. The second kappa shape index (κ2) is 11.1. The maximum Gasteiger partial charge on any atom is 0.220 e. The van der Waals surface area contributed by atoms with E-state index in [0.29, 0.717) is 12.2 Å². The van der Waals surface area contributed by atoms with Gasteiger partial charge >= 0.3 is 0 Å². The minimum atomic E-state index is -1.32. The molecular formula is C21H39N5O8. The SMILES string of the molecule is CNC1C(O)C(OC2C(N)CC(N)C(OC3OC(CN)=CCC3NC(C)=O)C2O)OCC1(C)O. The third-order valence-corrected chi connectivity index (χ3v) is 6.57. The summed E-state index contributed by atoms with van der Waals surface area (Å²) in [4.78, 5) is 11.6. The standard InChI is InChI=1S/C21H39N5O8/c1-9(27)26-13-5-4-10(7-22)32-19(13)33-16-11(23)6-12(24)17(14(16)28)34-20-15(29)18(25-3)21(2,30)8-31-20/h4,11-20,25,28-30H,5-8,22-24H2,1-3H3,(H,26,27). The molecule has 0 aromatic heterocycles. The first-order chi connectivity index (χ1) is 16.0. The van der Waals surface area contributed by atoms with Gasteiger partial charge in [0.05, 0.1) is 25.2 Å². The maximum absolute atomic E-state index is 11.6. The molecule has 0 aromatic carbocycles. The van der Waals surface area contributed by atoms with Gasteiger partial charge in [-0.3, -0.25) is 4.79 Å². The van der Waals surface area contributed by atoms with Gasteiger partial charge in [-0.25, -0.2) is 0 Å². The van der Waals surface area contributed by atoms with Crippen molar-refractivity contribution in [2.45, 2.75) is 93.5 Å². The van der Waals surface area contributed by atoms with E-state index >= 15 is 0 Å². The maximum atomic E-state index is 11.6. The van der Waals surface area contributed by atoms with Gasteiger partial charge in [0, 0.05) is 19.0 Å². The lowest BCUT2D eigenvalue weighted by Gasteiger charge is -2.48. The number of carbonyl (C=O) groups excluding carboxylic acids is 1. The van der Waals surface area contributed by atoms with Crippen LogP contribution in [0.2, 0.25) is 0 Å². The number of likely N-dealkylation sites (N-methyl/N-ethyl adjacent to an activating group) is 1. The molecule has 0 aromatic rings. The average molecular weight is 490 g/mol. The summed E-state index contributed by atoms with van der Waals surface area (Å²) in [5, 5.41) is 37.9. The first kappa shape index (κ1) is 27.2. The summed E-state index contributed by atoms with van der Waals surface area (Å²) in [5.74, 6) is 0.237. The summed E-state index contributed by atoms with van der Waals surface area (Å²) in [5.41, 5.74) is 16.9. The van der Waals surface area contributed by atoms with Crippen molar-refractivity contribution in [2.24, 2.45) is 17.2 Å². The zero-order valence-electron chi connectivity index (χ0n) is 19.8. The molecule has 2 fully saturated rings. The van der Waals surface area contributed by atoms with Gasteiger partial charge in [-0.1, -0.05) is 0 Å². The van der Waals surface area contributed by atoms with E-state index in [1.54, 1.807) is 13.1 Å². The Kier molecular flexibility index (Phi) is 8.90. The first-order valence-corrected chi connectivity index (χ1v) is 11.5. The zero-order chi connectivity index (χ0) is 25.2. The van der Waals surface area contributed by atoms with Gasteiger partial charge in [0.15, 0.2) is 6.29 Å². The molecule has 0 bridgehead atoms. The summed E-state index contributed by atoms with van der Waals surface area (Å²) in [6.07, 6.45) is -4.10. The Morgan fingerprint density at radius 1 is 1.21 bits per heavy atom. The van der Waals surface area contributed by atoms with Crippen LogP contribution in [0.25, 0.3) is 0 Å². The van der Waals surface area contributed by atoms with Crippen molar-refractivity contribution in [3.8, 4) is 0 Å². The van der Waals surface area contributed by atoms with E-state index in [9.17, 15) is 20.1 Å². The van der Waals surface area contributed by atoms with Gasteiger partial charge in [-0.2, -0.15) is 0 Å². The number of rotatable bonds is 7. The van der Waals surface area contributed by atoms with Crippen LogP contribution in [0.3, 0.4) is 0 Å². The molecule has 1 amide bonds. The molecule has 1 saturated carbocycles. The van der Waals surface area contributed by atoms with Crippen LogP contribution in [0.1, 0.15) is 26.7 Å². The Labute approximate surface area is 198 Å². The predicted octanol–water partition coefficient (Wildman–Crippen LogP) is -3.67. The van der Waals surface area contributed by atoms with Crippen LogP contribution < -0.4 is 27.8 Å². The van der Waals surface area contributed by atoms with E-state index < -0.39 is 66.8 Å². The van der Waals surface area contributed by atoms with E-state index in [2.05, 4.69) is 10.6 Å². The third-order valence-electron chi connectivity index (χ3n) is 6.57. The lowest BCUT2D eigenvalue weighted by molar-refractivity contribution is -0.303. The highest BCUT2D eigenvalue weighted by atomic mass is 16.7. The van der Waals surface area contributed by atoms with Gasteiger partial charge in [0.25, 0.3) is 0 Å². The molecule has 2 heterocycles. The van der Waals surface area contributed by atoms with Crippen molar-refractivity contribution in [1.29, 1.82) is 0 Å². The molecule has 0 radical (unpaired) electrons. The van der Waals surface area contributed by atoms with Crippen LogP contribution in [0.15, 0.2) is 11.8 Å². The van der Waals surface area contributed by atoms with E-state index in [1.807, 2.05) is 0 Å². The normalized spacial score (nSPS) is 45.3. The summed E-state index contributed by atoms with van der Waals surface area (Å²) < 4.78 is 23.3. The fraction of sp³-hybridized carbons (Fsp3) is 0.857. The minimum Gasteiger partial charge on any atom is -0.466 e. The Morgan fingerprint density at radius 2 is 1.82 bits per heavy atom. The van der Waals surface area contributed by atoms with E-state index in [-0.39, 0.29) is 25.5 Å². The number of hydrogen-bond acceptors (Lipinski definition) is 12. The molecule has 34 heavy (non-hydrogen) atoms. The zero-order valence-corrected chi connectivity index (χ0v) is 19.8. The Morgan fingerprint density at radius 3 is 2.38 bits per heavy atom. The van der Waals surface area contributed by atoms with Crippen molar-refractivity contribution in [2.75, 3.05) is 20.2 Å². The summed E-state index contributed by atoms with van der Waals surface area (Å²) in [6, 6.07) is -2.56. The fourth-order valence-corrected chi connectivity index (χ4v) is 4.81. The number of aliphatic hydroxyl groups is 3. The second-order valence-electron chi connectivity index (χ2n) is 9.45. The topological polar surface area (TPSA) is 217 Å². The number of amides is 1. The molecule has 0 spiro atoms. The molecule has 2 aliphatic heterocycles. The lowest BCUT2D eigenvalue weighted by atomic mass is 9.84. The number of ether oxygens (including phenoxy) is 4. The lowest BCUT2D eigenvalue weighted by Crippen LogP contribution is -2.68. The highest BCUT2D eigenvalue weighted by molar-refractivity contribution is 5.73. The molecule has 3 aliphatic rings. The van der Waals surface area contributed by atoms with Gasteiger partial charge in [0.2, 0.25) is 12.2 Å². The number of aliphatic hydroxyl groups excluding tert-OH is 2. The van der Waals surface area contributed by atoms with Crippen LogP contribution in [0, 0.1) is 0 Å². The highest BCUT2D eigenvalue weighted by Gasteiger charge is 2.50. The van der Waals surface area contributed by atoms with Crippen LogP contribution in [0.5, 0.6) is 0 Å². The largest absolute Gasteiger partial charge is 0.466 e. The molecule has 3 rings (SSSR count). The van der Waals surface area contributed by atoms with Crippen molar-refractivity contribution < 1.29 is 39.1 Å². The van der Waals surface area contributed by atoms with Crippen LogP contribution in [0.4, 0.5) is 0 Å². The number of nitrogens with one attached hydrogen (secondary N) is 2. The molecule has 13 nitrogen and oxygen atoms in total. The number of nitrogens with two attached hydrogens (primary N) is 3. The third kappa shape index (κ3) is 5.87. The molecule has 11 atom stereocenters. The smallest absolute Gasteiger partial charge is 0.220 e. The van der Waals surface area contributed by atoms with Crippen LogP contribution in [-0.2, 0) is 23.7 Å². The van der Waals surface area contributed by atoms with Crippen molar-refractivity contribution in [3.05, 3.63) is 11.8 Å². The van der Waals surface area contributed by atoms with Crippen molar-refractivity contribution in [1.82, 2.24) is 10.6 Å². The van der Waals surface area contributed by atoms with Crippen molar-refractivity contribution in [3.63, 3.8) is 0 Å². The molecular weight excluding hydrogens is 450 g/mol. The molecule has 11 N–H and O–H groups in total. The van der Waals surface area contributed by atoms with E-state index in [0.717, 1.165) is 0 Å².